The van der Waals surface area contributed by atoms with Gasteiger partial charge in [-0.1, -0.05) is 0 Å². The van der Waals surface area contributed by atoms with Gasteiger partial charge in [-0.2, -0.15) is 0 Å². The molecule has 2 aromatic heterocycles. The Hall–Kier alpha value is -2.22. The molecule has 2 aromatic rings. The Kier molecular flexibility index (Phi) is 3.15. The van der Waals surface area contributed by atoms with Crippen LogP contribution in [0.4, 0.5) is 5.82 Å². The van der Waals surface area contributed by atoms with Gasteiger partial charge in [-0.05, 0) is 0 Å². The molecule has 1 atom stereocenters. The largest absolute Gasteiger partial charge is 0.467 e. The molecule has 17 heavy (non-hydrogen) atoms. The first-order chi connectivity index (χ1) is 8.26. The standard InChI is InChI=1S/C9H11N5O3/c1-17-9(16)5(2-15)14-8-6-7(11-3-10-6)12-4-13-8/h3-5,15H,2H2,1H3,(H2,10,11,12,13,14). The van der Waals surface area contributed by atoms with Crippen molar-refractivity contribution in [3.63, 3.8) is 0 Å². The van der Waals surface area contributed by atoms with Gasteiger partial charge in [0.25, 0.3) is 0 Å². The molecule has 1 unspecified atom stereocenters. The van der Waals surface area contributed by atoms with Crippen LogP contribution >= 0.6 is 0 Å². The highest BCUT2D eigenvalue weighted by molar-refractivity contribution is 5.86. The number of hydrogen-bond acceptors (Lipinski definition) is 7. The number of carbonyl (C=O) groups excluding carboxylic acids is 1. The van der Waals surface area contributed by atoms with Crippen LogP contribution in [0, 0.1) is 0 Å². The normalized spacial score (nSPS) is 12.4. The van der Waals surface area contributed by atoms with E-state index in [0.29, 0.717) is 17.0 Å². The number of rotatable bonds is 4. The average molecular weight is 237 g/mol. The van der Waals surface area contributed by atoms with Crippen molar-refractivity contribution in [2.24, 2.45) is 0 Å². The molecule has 2 rings (SSSR count). The van der Waals surface area contributed by atoms with Gasteiger partial charge >= 0.3 is 5.97 Å². The van der Waals surface area contributed by atoms with Gasteiger partial charge in [-0.3, -0.25) is 0 Å². The second kappa shape index (κ2) is 4.74. The lowest BCUT2D eigenvalue weighted by atomic mass is 10.3. The van der Waals surface area contributed by atoms with Gasteiger partial charge in [0, 0.05) is 0 Å². The molecule has 8 heteroatoms. The first-order valence-electron chi connectivity index (χ1n) is 4.85. The number of imidazole rings is 1. The molecule has 3 N–H and O–H groups in total. The predicted molar refractivity (Wildman–Crippen MR) is 58.2 cm³/mol. The molecule has 0 amide bonds. The van der Waals surface area contributed by atoms with E-state index >= 15 is 0 Å². The lowest BCUT2D eigenvalue weighted by Crippen LogP contribution is -2.34. The maximum absolute atomic E-state index is 11.3. The molecule has 0 saturated heterocycles. The number of aliphatic hydroxyl groups is 1. The van der Waals surface area contributed by atoms with E-state index in [9.17, 15) is 4.79 Å². The highest BCUT2D eigenvalue weighted by Crippen LogP contribution is 2.15. The molecule has 0 bridgehead atoms. The number of anilines is 1. The molecule has 0 fully saturated rings. The Morgan fingerprint density at radius 3 is 3.12 bits per heavy atom. The maximum Gasteiger partial charge on any atom is 0.330 e. The third-order valence-corrected chi connectivity index (χ3v) is 2.20. The Morgan fingerprint density at radius 1 is 1.59 bits per heavy atom. The summed E-state index contributed by atoms with van der Waals surface area (Å²) in [5, 5.41) is 11.8. The minimum atomic E-state index is -0.874. The second-order valence-corrected chi connectivity index (χ2v) is 3.23. The van der Waals surface area contributed by atoms with Crippen LogP contribution in [0.15, 0.2) is 12.7 Å². The summed E-state index contributed by atoms with van der Waals surface area (Å²) >= 11 is 0. The molecule has 0 aliphatic heterocycles. The van der Waals surface area contributed by atoms with Gasteiger partial charge in [0.1, 0.15) is 17.9 Å². The van der Waals surface area contributed by atoms with Gasteiger partial charge in [0.2, 0.25) is 0 Å². The molecule has 0 spiro atoms. The molecule has 0 aliphatic rings. The molecule has 0 aliphatic carbocycles. The number of nitrogens with one attached hydrogen (secondary N) is 2. The molecule has 0 saturated carbocycles. The Morgan fingerprint density at radius 2 is 2.41 bits per heavy atom. The molecular formula is C9H11N5O3. The summed E-state index contributed by atoms with van der Waals surface area (Å²) in [7, 11) is 1.25. The van der Waals surface area contributed by atoms with Crippen LogP contribution < -0.4 is 5.32 Å². The van der Waals surface area contributed by atoms with Crippen molar-refractivity contribution in [3.8, 4) is 0 Å². The van der Waals surface area contributed by atoms with Gasteiger partial charge in [-0.15, -0.1) is 0 Å². The fourth-order valence-corrected chi connectivity index (χ4v) is 1.36. The minimum Gasteiger partial charge on any atom is -0.467 e. The fourth-order valence-electron chi connectivity index (χ4n) is 1.36. The smallest absolute Gasteiger partial charge is 0.330 e. The molecule has 90 valence electrons. The molecule has 0 aromatic carbocycles. The van der Waals surface area contributed by atoms with Crippen molar-refractivity contribution < 1.29 is 14.6 Å². The number of ether oxygens (including phenoxy) is 1. The van der Waals surface area contributed by atoms with Crippen molar-refractivity contribution in [3.05, 3.63) is 12.7 Å². The summed E-state index contributed by atoms with van der Waals surface area (Å²) in [5.74, 6) is -0.185. The first-order valence-corrected chi connectivity index (χ1v) is 4.85. The number of esters is 1. The number of fused-ring (bicyclic) bond motifs is 1. The van der Waals surface area contributed by atoms with Crippen molar-refractivity contribution in [2.75, 3.05) is 19.0 Å². The van der Waals surface area contributed by atoms with E-state index in [2.05, 4.69) is 30.0 Å². The minimum absolute atomic E-state index is 0.386. The fraction of sp³-hybridized carbons (Fsp3) is 0.333. The number of carbonyl (C=O) groups is 1. The Labute approximate surface area is 96.1 Å². The quantitative estimate of drug-likeness (QED) is 0.602. The lowest BCUT2D eigenvalue weighted by molar-refractivity contribution is -0.142. The van der Waals surface area contributed by atoms with Crippen LogP contribution in [0.1, 0.15) is 0 Å². The summed E-state index contributed by atoms with van der Waals surface area (Å²) in [5.41, 5.74) is 1.04. The Balaban J connectivity index is 2.28. The van der Waals surface area contributed by atoms with Crippen LogP contribution in [0.25, 0.3) is 11.2 Å². The van der Waals surface area contributed by atoms with E-state index in [4.69, 9.17) is 5.11 Å². The number of aliphatic hydroxyl groups excluding tert-OH is 1. The summed E-state index contributed by atoms with van der Waals surface area (Å²) in [6.07, 6.45) is 2.79. The number of aromatic nitrogens is 4. The van der Waals surface area contributed by atoms with Crippen LogP contribution in [-0.4, -0.2) is 50.8 Å². The highest BCUT2D eigenvalue weighted by atomic mass is 16.5. The first kappa shape index (κ1) is 11.3. The number of methoxy groups -OCH3 is 1. The van der Waals surface area contributed by atoms with Gasteiger partial charge in [-0.25, -0.2) is 19.7 Å². The molecular weight excluding hydrogens is 226 g/mol. The SMILES string of the molecule is COC(=O)C(CO)Nc1ncnc2nc[nH]c12. The molecule has 0 radical (unpaired) electrons. The van der Waals surface area contributed by atoms with Crippen molar-refractivity contribution in [2.45, 2.75) is 6.04 Å². The maximum atomic E-state index is 11.3. The summed E-state index contributed by atoms with van der Waals surface area (Å²) in [6, 6.07) is -0.874. The van der Waals surface area contributed by atoms with Crippen molar-refractivity contribution >= 4 is 23.0 Å². The van der Waals surface area contributed by atoms with E-state index < -0.39 is 18.6 Å². The third-order valence-electron chi connectivity index (χ3n) is 2.20. The van der Waals surface area contributed by atoms with E-state index in [0.717, 1.165) is 0 Å². The molecule has 2 heterocycles. The average Bonchev–Trinajstić information content (AvgIpc) is 2.83. The molecule has 8 nitrogen and oxygen atoms in total. The second-order valence-electron chi connectivity index (χ2n) is 3.23. The van der Waals surface area contributed by atoms with Crippen LogP contribution in [0.3, 0.4) is 0 Å². The van der Waals surface area contributed by atoms with E-state index in [1.165, 1.54) is 19.8 Å². The van der Waals surface area contributed by atoms with Crippen molar-refractivity contribution in [1.29, 1.82) is 0 Å². The zero-order valence-corrected chi connectivity index (χ0v) is 9.04. The lowest BCUT2D eigenvalue weighted by Gasteiger charge is -2.14. The van der Waals surface area contributed by atoms with E-state index in [1.807, 2.05) is 0 Å². The highest BCUT2D eigenvalue weighted by Gasteiger charge is 2.19. The number of H-pyrrole nitrogens is 1. The van der Waals surface area contributed by atoms with Gasteiger partial charge in [0.15, 0.2) is 11.5 Å². The number of aromatic amines is 1. The predicted octanol–water partition coefficient (Wildman–Crippen LogP) is -0.701. The van der Waals surface area contributed by atoms with E-state index in [1.54, 1.807) is 0 Å². The van der Waals surface area contributed by atoms with Gasteiger partial charge < -0.3 is 20.1 Å². The van der Waals surface area contributed by atoms with Crippen LogP contribution in [0.5, 0.6) is 0 Å². The van der Waals surface area contributed by atoms with Crippen molar-refractivity contribution in [1.82, 2.24) is 19.9 Å². The summed E-state index contributed by atoms with van der Waals surface area (Å²) < 4.78 is 4.54. The van der Waals surface area contributed by atoms with E-state index in [-0.39, 0.29) is 0 Å². The number of hydrogen-bond donors (Lipinski definition) is 3. The topological polar surface area (TPSA) is 113 Å². The summed E-state index contributed by atoms with van der Waals surface area (Å²) in [4.78, 5) is 26.0. The zero-order chi connectivity index (χ0) is 12.3. The monoisotopic (exact) mass is 237 g/mol. The number of nitrogens with zero attached hydrogens (tertiary/aromatic N) is 3. The van der Waals surface area contributed by atoms with Gasteiger partial charge in [0.05, 0.1) is 20.0 Å². The third kappa shape index (κ3) is 2.16. The van der Waals surface area contributed by atoms with Crippen LogP contribution in [-0.2, 0) is 9.53 Å². The zero-order valence-electron chi connectivity index (χ0n) is 9.04. The van der Waals surface area contributed by atoms with Crippen LogP contribution in [0.2, 0.25) is 0 Å². The summed E-state index contributed by atoms with van der Waals surface area (Å²) in [6.45, 7) is -0.397. The Bertz CT molecular complexity index is 526.